The van der Waals surface area contributed by atoms with E-state index in [0.717, 1.165) is 24.0 Å². The molecule has 2 fully saturated rings. The predicted octanol–water partition coefficient (Wildman–Crippen LogP) is 2.97. The van der Waals surface area contributed by atoms with Gasteiger partial charge < -0.3 is 5.32 Å². The molecule has 3 aromatic rings. The Balaban J connectivity index is 1.70. The third-order valence-electron chi connectivity index (χ3n) is 5.90. The Labute approximate surface area is 175 Å². The number of nitrogens with one attached hydrogen (secondary N) is 1. The van der Waals surface area contributed by atoms with Gasteiger partial charge in [0, 0.05) is 11.6 Å². The van der Waals surface area contributed by atoms with Crippen LogP contribution in [0.4, 0.5) is 0 Å². The molecule has 156 valence electrons. The Kier molecular flexibility index (Phi) is 4.43. The number of aryl methyl sites for hydroxylation is 2. The van der Waals surface area contributed by atoms with E-state index in [9.17, 15) is 13.2 Å². The topological polar surface area (TPSA) is 94.0 Å². The van der Waals surface area contributed by atoms with Crippen LogP contribution in [0.2, 0.25) is 0 Å². The zero-order valence-electron chi connectivity index (χ0n) is 17.1. The number of carbonyl (C=O) groups excluding carboxylic acids is 1. The normalized spacial score (nSPS) is 20.5. The molecule has 1 unspecified atom stereocenters. The molecule has 1 N–H and O–H groups in total. The number of benzene rings is 1. The fraction of sp³-hybridized carbons (Fsp3) is 0.409. The molecule has 1 aromatic carbocycles. The van der Waals surface area contributed by atoms with Crippen molar-refractivity contribution in [2.45, 2.75) is 45.2 Å². The molecule has 1 aliphatic carbocycles. The van der Waals surface area contributed by atoms with Crippen molar-refractivity contribution in [2.75, 3.05) is 11.5 Å². The number of aromatic nitrogens is 3. The molecule has 2 aliphatic rings. The van der Waals surface area contributed by atoms with Crippen LogP contribution in [-0.4, -0.2) is 46.6 Å². The lowest BCUT2D eigenvalue weighted by Crippen LogP contribution is -2.25. The average molecular weight is 425 g/mol. The van der Waals surface area contributed by atoms with E-state index >= 15 is 0 Å². The number of sulfone groups is 1. The van der Waals surface area contributed by atoms with Crippen LogP contribution in [-0.2, 0) is 9.84 Å². The van der Waals surface area contributed by atoms with E-state index in [0.29, 0.717) is 34.4 Å². The van der Waals surface area contributed by atoms with Crippen molar-refractivity contribution in [3.8, 4) is 11.3 Å². The van der Waals surface area contributed by atoms with Crippen molar-refractivity contribution < 1.29 is 13.2 Å². The molecule has 1 amide bonds. The van der Waals surface area contributed by atoms with Gasteiger partial charge in [0.2, 0.25) is 0 Å². The monoisotopic (exact) mass is 424 g/mol. The molecular formula is C22H24N4O3S. The van der Waals surface area contributed by atoms with Gasteiger partial charge in [-0.05, 0) is 39.2 Å². The van der Waals surface area contributed by atoms with Crippen molar-refractivity contribution in [1.29, 1.82) is 0 Å². The van der Waals surface area contributed by atoms with Crippen molar-refractivity contribution in [1.82, 2.24) is 20.1 Å². The largest absolute Gasteiger partial charge is 0.349 e. The van der Waals surface area contributed by atoms with Crippen LogP contribution < -0.4 is 5.32 Å². The molecule has 0 radical (unpaired) electrons. The Bertz CT molecular complexity index is 1260. The van der Waals surface area contributed by atoms with E-state index in [4.69, 9.17) is 4.98 Å². The van der Waals surface area contributed by atoms with E-state index in [2.05, 4.69) is 10.4 Å². The standard InChI is InChI=1S/C22H24N4O3S/c1-13-3-5-15(6-4-13)19-11-18(22(27)23-16-7-8-16)20-14(2)25-26(21(20)24-19)17-9-10-30(28,29)12-17/h3-6,11,16-17H,7-10,12H2,1-2H3,(H,23,27). The van der Waals surface area contributed by atoms with E-state index < -0.39 is 9.84 Å². The molecule has 3 heterocycles. The SMILES string of the molecule is Cc1ccc(-c2cc(C(=O)NC3CC3)c3c(C)nn(C4CCS(=O)(=O)C4)c3n2)cc1. The maximum atomic E-state index is 13.1. The molecule has 1 aliphatic heterocycles. The van der Waals surface area contributed by atoms with Gasteiger partial charge in [0.1, 0.15) is 0 Å². The molecule has 8 heteroatoms. The summed E-state index contributed by atoms with van der Waals surface area (Å²) in [6.45, 7) is 3.87. The quantitative estimate of drug-likeness (QED) is 0.695. The van der Waals surface area contributed by atoms with Crippen molar-refractivity contribution in [3.63, 3.8) is 0 Å². The summed E-state index contributed by atoms with van der Waals surface area (Å²) in [6.07, 6.45) is 2.52. The van der Waals surface area contributed by atoms with Gasteiger partial charge in [0.15, 0.2) is 15.5 Å². The highest BCUT2D eigenvalue weighted by Crippen LogP contribution is 2.32. The van der Waals surface area contributed by atoms with Crippen LogP contribution >= 0.6 is 0 Å². The predicted molar refractivity (Wildman–Crippen MR) is 115 cm³/mol. The van der Waals surface area contributed by atoms with Crippen molar-refractivity contribution in [3.05, 3.63) is 47.2 Å². The Hall–Kier alpha value is -2.74. The molecule has 1 saturated carbocycles. The number of pyridine rings is 1. The highest BCUT2D eigenvalue weighted by Gasteiger charge is 2.33. The van der Waals surface area contributed by atoms with Crippen LogP contribution in [0.5, 0.6) is 0 Å². The first kappa shape index (κ1) is 19.2. The second-order valence-corrected chi connectivity index (χ2v) is 10.7. The Morgan fingerprint density at radius 2 is 1.87 bits per heavy atom. The summed E-state index contributed by atoms with van der Waals surface area (Å²) in [4.78, 5) is 17.9. The fourth-order valence-corrected chi connectivity index (χ4v) is 5.77. The molecule has 1 saturated heterocycles. The lowest BCUT2D eigenvalue weighted by molar-refractivity contribution is 0.0952. The van der Waals surface area contributed by atoms with Gasteiger partial charge in [-0.3, -0.25) is 4.79 Å². The number of fused-ring (bicyclic) bond motifs is 1. The molecule has 2 aromatic heterocycles. The molecule has 0 bridgehead atoms. The minimum Gasteiger partial charge on any atom is -0.349 e. The maximum absolute atomic E-state index is 13.1. The fourth-order valence-electron chi connectivity index (χ4n) is 4.08. The van der Waals surface area contributed by atoms with Gasteiger partial charge in [-0.25, -0.2) is 18.1 Å². The second kappa shape index (κ2) is 6.91. The highest BCUT2D eigenvalue weighted by molar-refractivity contribution is 7.91. The van der Waals surface area contributed by atoms with Gasteiger partial charge in [0.25, 0.3) is 5.91 Å². The summed E-state index contributed by atoms with van der Waals surface area (Å²) >= 11 is 0. The van der Waals surface area contributed by atoms with Crippen molar-refractivity contribution >= 4 is 26.8 Å². The number of hydrogen-bond acceptors (Lipinski definition) is 5. The van der Waals surface area contributed by atoms with E-state index in [1.807, 2.05) is 44.2 Å². The third-order valence-corrected chi connectivity index (χ3v) is 7.65. The summed E-state index contributed by atoms with van der Waals surface area (Å²) in [5.41, 5.74) is 4.56. The van der Waals surface area contributed by atoms with E-state index in [1.165, 1.54) is 0 Å². The summed E-state index contributed by atoms with van der Waals surface area (Å²) in [5, 5.41) is 8.41. The minimum absolute atomic E-state index is 0.0588. The number of amides is 1. The first-order valence-corrected chi connectivity index (χ1v) is 12.1. The summed E-state index contributed by atoms with van der Waals surface area (Å²) < 4.78 is 25.8. The van der Waals surface area contributed by atoms with Gasteiger partial charge in [-0.15, -0.1) is 0 Å². The smallest absolute Gasteiger partial charge is 0.252 e. The summed E-state index contributed by atoms with van der Waals surface area (Å²) in [6, 6.07) is 9.80. The van der Waals surface area contributed by atoms with Crippen molar-refractivity contribution in [2.24, 2.45) is 0 Å². The Morgan fingerprint density at radius 1 is 1.13 bits per heavy atom. The van der Waals surface area contributed by atoms with Gasteiger partial charge in [-0.1, -0.05) is 29.8 Å². The lowest BCUT2D eigenvalue weighted by atomic mass is 10.0. The molecule has 1 atom stereocenters. The number of carbonyl (C=O) groups is 1. The first-order chi connectivity index (χ1) is 14.3. The van der Waals surface area contributed by atoms with E-state index in [-0.39, 0.29) is 29.5 Å². The lowest BCUT2D eigenvalue weighted by Gasteiger charge is -2.12. The number of rotatable bonds is 4. The van der Waals surface area contributed by atoms with Gasteiger partial charge in [-0.2, -0.15) is 5.10 Å². The van der Waals surface area contributed by atoms with Gasteiger partial charge >= 0.3 is 0 Å². The minimum atomic E-state index is -3.07. The molecule has 5 rings (SSSR count). The first-order valence-electron chi connectivity index (χ1n) is 10.3. The van der Waals surface area contributed by atoms with Crippen LogP contribution in [0.1, 0.15) is 46.9 Å². The average Bonchev–Trinajstić information content (AvgIpc) is 3.36. The summed E-state index contributed by atoms with van der Waals surface area (Å²) in [5.74, 6) is 0.0912. The second-order valence-electron chi connectivity index (χ2n) is 8.45. The third kappa shape index (κ3) is 3.49. The molecule has 7 nitrogen and oxygen atoms in total. The number of nitrogens with zero attached hydrogens (tertiary/aromatic N) is 3. The highest BCUT2D eigenvalue weighted by atomic mass is 32.2. The van der Waals surface area contributed by atoms with Crippen LogP contribution in [0.3, 0.4) is 0 Å². The zero-order valence-corrected chi connectivity index (χ0v) is 17.9. The number of hydrogen-bond donors (Lipinski definition) is 1. The maximum Gasteiger partial charge on any atom is 0.252 e. The molecular weight excluding hydrogens is 400 g/mol. The summed E-state index contributed by atoms with van der Waals surface area (Å²) in [7, 11) is -3.07. The zero-order chi connectivity index (χ0) is 21.0. The van der Waals surface area contributed by atoms with Crippen LogP contribution in [0, 0.1) is 13.8 Å². The molecule has 0 spiro atoms. The van der Waals surface area contributed by atoms with Crippen LogP contribution in [0.25, 0.3) is 22.3 Å². The van der Waals surface area contributed by atoms with E-state index in [1.54, 1.807) is 4.68 Å². The van der Waals surface area contributed by atoms with Gasteiger partial charge in [0.05, 0.1) is 39.9 Å². The molecule has 30 heavy (non-hydrogen) atoms. The van der Waals surface area contributed by atoms with Crippen LogP contribution in [0.15, 0.2) is 30.3 Å². The Morgan fingerprint density at radius 3 is 2.50 bits per heavy atom.